The van der Waals surface area contributed by atoms with E-state index >= 15 is 0 Å². The Morgan fingerprint density at radius 3 is 2.47 bits per heavy atom. The third-order valence-corrected chi connectivity index (χ3v) is 2.92. The number of nitrogens with zero attached hydrogens (tertiary/aromatic N) is 1. The molecule has 0 saturated carbocycles. The van der Waals surface area contributed by atoms with Crippen molar-refractivity contribution in [3.63, 3.8) is 0 Å². The minimum absolute atomic E-state index is 0.478. The summed E-state index contributed by atoms with van der Waals surface area (Å²) in [6, 6.07) is 14.0. The minimum Gasteiger partial charge on any atom is -0.379 e. The highest BCUT2D eigenvalue weighted by Gasteiger charge is 1.97. The van der Waals surface area contributed by atoms with Crippen LogP contribution in [0.5, 0.6) is 0 Å². The summed E-state index contributed by atoms with van der Waals surface area (Å²) < 4.78 is 1.08. The Morgan fingerprint density at radius 2 is 1.76 bits per heavy atom. The molecule has 0 amide bonds. The van der Waals surface area contributed by atoms with Crippen molar-refractivity contribution in [3.8, 4) is 0 Å². The number of aromatic nitrogens is 1. The van der Waals surface area contributed by atoms with E-state index in [4.69, 9.17) is 5.73 Å². The summed E-state index contributed by atoms with van der Waals surface area (Å²) in [5, 5.41) is 3.32. The fourth-order valence-corrected chi connectivity index (χ4v) is 1.77. The summed E-state index contributed by atoms with van der Waals surface area (Å²) in [7, 11) is 0. The van der Waals surface area contributed by atoms with Gasteiger partial charge in [0.25, 0.3) is 0 Å². The van der Waals surface area contributed by atoms with Crippen LogP contribution in [0.4, 0.5) is 5.69 Å². The number of hydrogen-bond donors (Lipinski definition) is 2. The van der Waals surface area contributed by atoms with Gasteiger partial charge in [-0.15, -0.1) is 0 Å². The third kappa shape index (κ3) is 3.54. The number of halogens is 1. The first-order chi connectivity index (χ1) is 8.28. The van der Waals surface area contributed by atoms with Crippen LogP contribution in [0, 0.1) is 0 Å². The molecule has 88 valence electrons. The standard InChI is InChI=1S/C13H14BrN3/c14-10-4-6-11(7-5-10)16-9-13-3-1-2-12(8-15)17-13/h1-7,16H,8-9,15H2. The van der Waals surface area contributed by atoms with Gasteiger partial charge in [0.2, 0.25) is 0 Å². The topological polar surface area (TPSA) is 50.9 Å². The second-order valence-electron chi connectivity index (χ2n) is 3.68. The van der Waals surface area contributed by atoms with Crippen molar-refractivity contribution in [2.24, 2.45) is 5.73 Å². The SMILES string of the molecule is NCc1cccc(CNc2ccc(Br)cc2)n1. The molecule has 0 spiro atoms. The molecule has 1 aromatic carbocycles. The van der Waals surface area contributed by atoms with Crippen LogP contribution in [-0.4, -0.2) is 4.98 Å². The highest BCUT2D eigenvalue weighted by Crippen LogP contribution is 2.14. The molecular weight excluding hydrogens is 278 g/mol. The monoisotopic (exact) mass is 291 g/mol. The van der Waals surface area contributed by atoms with E-state index in [9.17, 15) is 0 Å². The zero-order valence-corrected chi connectivity index (χ0v) is 10.9. The molecule has 2 aromatic rings. The van der Waals surface area contributed by atoms with Gasteiger partial charge in [-0.3, -0.25) is 4.98 Å². The highest BCUT2D eigenvalue weighted by molar-refractivity contribution is 9.10. The van der Waals surface area contributed by atoms with Crippen molar-refractivity contribution in [3.05, 3.63) is 58.3 Å². The lowest BCUT2D eigenvalue weighted by atomic mass is 10.3. The molecule has 1 aromatic heterocycles. The third-order valence-electron chi connectivity index (χ3n) is 2.39. The van der Waals surface area contributed by atoms with Crippen LogP contribution < -0.4 is 11.1 Å². The Morgan fingerprint density at radius 1 is 1.06 bits per heavy atom. The molecule has 0 aliphatic carbocycles. The van der Waals surface area contributed by atoms with Crippen LogP contribution in [0.3, 0.4) is 0 Å². The number of pyridine rings is 1. The first-order valence-corrected chi connectivity index (χ1v) is 6.21. The van der Waals surface area contributed by atoms with Crippen molar-refractivity contribution in [2.75, 3.05) is 5.32 Å². The van der Waals surface area contributed by atoms with Gasteiger partial charge in [0.1, 0.15) is 0 Å². The Balaban J connectivity index is 1.99. The normalized spacial score (nSPS) is 10.2. The zero-order chi connectivity index (χ0) is 12.1. The molecule has 3 N–H and O–H groups in total. The van der Waals surface area contributed by atoms with Crippen LogP contribution in [0.1, 0.15) is 11.4 Å². The van der Waals surface area contributed by atoms with Gasteiger partial charge >= 0.3 is 0 Å². The molecule has 3 nitrogen and oxygen atoms in total. The molecule has 4 heteroatoms. The van der Waals surface area contributed by atoms with Crippen molar-refractivity contribution in [1.82, 2.24) is 4.98 Å². The first kappa shape index (κ1) is 12.1. The minimum atomic E-state index is 0.478. The van der Waals surface area contributed by atoms with Gasteiger partial charge in [-0.05, 0) is 36.4 Å². The lowest BCUT2D eigenvalue weighted by Crippen LogP contribution is -2.05. The maximum Gasteiger partial charge on any atom is 0.0598 e. The van der Waals surface area contributed by atoms with Crippen molar-refractivity contribution < 1.29 is 0 Å². The lowest BCUT2D eigenvalue weighted by molar-refractivity contribution is 0.937. The van der Waals surface area contributed by atoms with E-state index < -0.39 is 0 Å². The molecule has 0 radical (unpaired) electrons. The second-order valence-corrected chi connectivity index (χ2v) is 4.60. The van der Waals surface area contributed by atoms with E-state index in [1.165, 1.54) is 0 Å². The van der Waals surface area contributed by atoms with Gasteiger partial charge in [-0.1, -0.05) is 22.0 Å². The average Bonchev–Trinajstić information content (AvgIpc) is 2.38. The van der Waals surface area contributed by atoms with Gasteiger partial charge in [-0.25, -0.2) is 0 Å². The average molecular weight is 292 g/mol. The molecule has 2 rings (SSSR count). The predicted molar refractivity (Wildman–Crippen MR) is 73.6 cm³/mol. The quantitative estimate of drug-likeness (QED) is 0.911. The van der Waals surface area contributed by atoms with Gasteiger partial charge in [-0.2, -0.15) is 0 Å². The maximum atomic E-state index is 5.55. The molecule has 0 fully saturated rings. The first-order valence-electron chi connectivity index (χ1n) is 5.42. The molecule has 0 aliphatic rings. The van der Waals surface area contributed by atoms with Crippen LogP contribution in [-0.2, 0) is 13.1 Å². The molecular formula is C13H14BrN3. The number of anilines is 1. The van der Waals surface area contributed by atoms with E-state index in [2.05, 4.69) is 26.2 Å². The largest absolute Gasteiger partial charge is 0.379 e. The molecule has 17 heavy (non-hydrogen) atoms. The van der Waals surface area contributed by atoms with Gasteiger partial charge in [0.15, 0.2) is 0 Å². The Bertz CT molecular complexity index is 482. The Labute approximate surface area is 109 Å². The van der Waals surface area contributed by atoms with Crippen LogP contribution in [0.25, 0.3) is 0 Å². The van der Waals surface area contributed by atoms with Gasteiger partial charge < -0.3 is 11.1 Å². The van der Waals surface area contributed by atoms with E-state index in [1.54, 1.807) is 0 Å². The summed E-state index contributed by atoms with van der Waals surface area (Å²) in [6.45, 7) is 1.18. The molecule has 0 atom stereocenters. The summed E-state index contributed by atoms with van der Waals surface area (Å²) in [6.07, 6.45) is 0. The fraction of sp³-hybridized carbons (Fsp3) is 0.154. The molecule has 0 bridgehead atoms. The number of nitrogens with two attached hydrogens (primary N) is 1. The van der Waals surface area contributed by atoms with Crippen LogP contribution >= 0.6 is 15.9 Å². The second kappa shape index (κ2) is 5.80. The lowest BCUT2D eigenvalue weighted by Gasteiger charge is -2.07. The van der Waals surface area contributed by atoms with E-state index in [0.29, 0.717) is 13.1 Å². The van der Waals surface area contributed by atoms with Gasteiger partial charge in [0, 0.05) is 16.7 Å². The summed E-state index contributed by atoms with van der Waals surface area (Å²) in [4.78, 5) is 4.43. The number of benzene rings is 1. The smallest absolute Gasteiger partial charge is 0.0598 e. The molecule has 0 unspecified atom stereocenters. The number of nitrogens with one attached hydrogen (secondary N) is 1. The molecule has 1 heterocycles. The Hall–Kier alpha value is -1.39. The van der Waals surface area contributed by atoms with E-state index in [0.717, 1.165) is 21.5 Å². The van der Waals surface area contributed by atoms with Gasteiger partial charge in [0.05, 0.1) is 17.9 Å². The fourth-order valence-electron chi connectivity index (χ4n) is 1.50. The zero-order valence-electron chi connectivity index (χ0n) is 9.36. The molecule has 0 saturated heterocycles. The van der Waals surface area contributed by atoms with Crippen LogP contribution in [0.2, 0.25) is 0 Å². The summed E-state index contributed by atoms with van der Waals surface area (Å²) in [5.41, 5.74) is 8.54. The predicted octanol–water partition coefficient (Wildman–Crippen LogP) is 2.91. The highest BCUT2D eigenvalue weighted by atomic mass is 79.9. The van der Waals surface area contributed by atoms with E-state index in [-0.39, 0.29) is 0 Å². The Kier molecular flexibility index (Phi) is 4.12. The van der Waals surface area contributed by atoms with E-state index in [1.807, 2.05) is 42.5 Å². The van der Waals surface area contributed by atoms with Crippen LogP contribution in [0.15, 0.2) is 46.9 Å². The maximum absolute atomic E-state index is 5.55. The van der Waals surface area contributed by atoms with Crippen molar-refractivity contribution >= 4 is 21.6 Å². The summed E-state index contributed by atoms with van der Waals surface area (Å²) in [5.74, 6) is 0. The number of hydrogen-bond acceptors (Lipinski definition) is 3. The van der Waals surface area contributed by atoms with Crippen molar-refractivity contribution in [1.29, 1.82) is 0 Å². The molecule has 0 aliphatic heterocycles. The van der Waals surface area contributed by atoms with Crippen molar-refractivity contribution in [2.45, 2.75) is 13.1 Å². The summed E-state index contributed by atoms with van der Waals surface area (Å²) >= 11 is 3.41. The number of rotatable bonds is 4.